The van der Waals surface area contributed by atoms with Gasteiger partial charge in [0.15, 0.2) is 0 Å². The Morgan fingerprint density at radius 2 is 1.91 bits per heavy atom. The predicted octanol–water partition coefficient (Wildman–Crippen LogP) is 4.59. The molecule has 172 valence electrons. The van der Waals surface area contributed by atoms with Crippen molar-refractivity contribution >= 4 is 22.4 Å². The lowest BCUT2D eigenvalue weighted by Gasteiger charge is -2.42. The molecule has 1 unspecified atom stereocenters. The Hall–Kier alpha value is -2.96. The molecule has 1 aliphatic heterocycles. The summed E-state index contributed by atoms with van der Waals surface area (Å²) in [5.41, 5.74) is 0.943. The number of aliphatic hydroxyl groups is 1. The molecule has 3 aromatic rings. The summed E-state index contributed by atoms with van der Waals surface area (Å²) in [6, 6.07) is 20.1. The Labute approximate surface area is 192 Å². The zero-order chi connectivity index (χ0) is 23.2. The second-order valence-corrected chi connectivity index (χ2v) is 9.53. The van der Waals surface area contributed by atoms with Gasteiger partial charge in [-0.05, 0) is 60.7 Å². The molecule has 1 saturated heterocycles. The number of carboxylic acids is 1. The van der Waals surface area contributed by atoms with E-state index < -0.39 is 23.3 Å². The normalized spacial score (nSPS) is 25.7. The van der Waals surface area contributed by atoms with Crippen LogP contribution in [0.3, 0.4) is 0 Å². The number of carboxylic acid groups (broad SMARTS) is 1. The molecule has 3 N–H and O–H groups in total. The molecule has 1 aliphatic carbocycles. The number of aliphatic carboxylic acids is 1. The minimum absolute atomic E-state index is 0.0510. The molecule has 5 rings (SSSR count). The Bertz CT molecular complexity index is 1190. The summed E-state index contributed by atoms with van der Waals surface area (Å²) in [4.78, 5) is 13.3. The van der Waals surface area contributed by atoms with Crippen molar-refractivity contribution in [1.29, 1.82) is 0 Å². The molecule has 0 radical (unpaired) electrons. The average molecular weight is 449 g/mol. The quantitative estimate of drug-likeness (QED) is 0.514. The number of hydrogen-bond donors (Lipinski definition) is 3. The van der Waals surface area contributed by atoms with Gasteiger partial charge in [0.25, 0.3) is 0 Å². The fourth-order valence-electron chi connectivity index (χ4n) is 5.42. The van der Waals surface area contributed by atoms with Crippen molar-refractivity contribution < 1.29 is 19.4 Å². The van der Waals surface area contributed by atoms with Crippen molar-refractivity contribution in [3.8, 4) is 0 Å². The Morgan fingerprint density at radius 3 is 2.70 bits per heavy atom. The zero-order valence-electron chi connectivity index (χ0n) is 18.7. The molecule has 0 amide bonds. The Morgan fingerprint density at radius 1 is 1.15 bits per heavy atom. The minimum Gasteiger partial charge on any atom is -0.481 e. The van der Waals surface area contributed by atoms with Gasteiger partial charge in [0.2, 0.25) is 0 Å². The molecule has 3 aromatic carbocycles. The number of fused-ring (bicyclic) bond motifs is 1. The number of anilines is 1. The van der Waals surface area contributed by atoms with Crippen molar-refractivity contribution in [3.63, 3.8) is 0 Å². The van der Waals surface area contributed by atoms with Gasteiger partial charge in [0.1, 0.15) is 5.82 Å². The van der Waals surface area contributed by atoms with Crippen molar-refractivity contribution in [1.82, 2.24) is 5.32 Å². The van der Waals surface area contributed by atoms with E-state index in [-0.39, 0.29) is 30.5 Å². The molecule has 6 heteroatoms. The lowest BCUT2D eigenvalue weighted by Crippen LogP contribution is -2.45. The number of carbonyl (C=O) groups is 1. The molecular weight excluding hydrogens is 419 g/mol. The van der Waals surface area contributed by atoms with Crippen LogP contribution in [0.2, 0.25) is 0 Å². The van der Waals surface area contributed by atoms with E-state index in [2.05, 4.69) is 59.6 Å². The highest BCUT2D eigenvalue weighted by Gasteiger charge is 2.49. The summed E-state index contributed by atoms with van der Waals surface area (Å²) in [6.07, 6.45) is 1.07. The van der Waals surface area contributed by atoms with Gasteiger partial charge >= 0.3 is 5.97 Å². The first-order valence-corrected chi connectivity index (χ1v) is 11.6. The molecule has 33 heavy (non-hydrogen) atoms. The molecule has 2 aliphatic rings. The van der Waals surface area contributed by atoms with Crippen LogP contribution in [0.5, 0.6) is 0 Å². The van der Waals surface area contributed by atoms with Gasteiger partial charge in [-0.25, -0.2) is 4.39 Å². The zero-order valence-corrected chi connectivity index (χ0v) is 18.7. The van der Waals surface area contributed by atoms with Gasteiger partial charge in [0.05, 0.1) is 11.5 Å². The summed E-state index contributed by atoms with van der Waals surface area (Å²) >= 11 is 0. The van der Waals surface area contributed by atoms with Gasteiger partial charge in [-0.2, -0.15) is 0 Å². The van der Waals surface area contributed by atoms with Gasteiger partial charge in [-0.3, -0.25) is 4.79 Å². The first-order valence-electron chi connectivity index (χ1n) is 11.6. The van der Waals surface area contributed by atoms with E-state index in [1.807, 2.05) is 0 Å². The summed E-state index contributed by atoms with van der Waals surface area (Å²) in [7, 11) is 0. The molecule has 5 nitrogen and oxygen atoms in total. The number of nitrogens with zero attached hydrogens (tertiary/aromatic N) is 1. The molecule has 0 bridgehead atoms. The molecule has 1 heterocycles. The molecule has 0 aromatic heterocycles. The van der Waals surface area contributed by atoms with E-state index in [4.69, 9.17) is 5.11 Å². The largest absolute Gasteiger partial charge is 0.481 e. The lowest BCUT2D eigenvalue weighted by molar-refractivity contribution is -0.159. The van der Waals surface area contributed by atoms with Crippen LogP contribution < -0.4 is 10.2 Å². The second-order valence-electron chi connectivity index (χ2n) is 9.53. The summed E-state index contributed by atoms with van der Waals surface area (Å²) in [6.45, 7) is 3.81. The summed E-state index contributed by atoms with van der Waals surface area (Å²) in [5, 5.41) is 26.2. The van der Waals surface area contributed by atoms with Crippen LogP contribution in [0.15, 0.2) is 60.7 Å². The van der Waals surface area contributed by atoms with Gasteiger partial charge < -0.3 is 20.4 Å². The summed E-state index contributed by atoms with van der Waals surface area (Å²) < 4.78 is 14.5. The van der Waals surface area contributed by atoms with Gasteiger partial charge in [0, 0.05) is 36.4 Å². The first-order chi connectivity index (χ1) is 15.8. The van der Waals surface area contributed by atoms with Crippen molar-refractivity contribution in [2.45, 2.75) is 43.9 Å². The van der Waals surface area contributed by atoms with Crippen LogP contribution in [0.25, 0.3) is 10.8 Å². The lowest BCUT2D eigenvalue weighted by atomic mass is 9.67. The van der Waals surface area contributed by atoms with Crippen LogP contribution in [0.4, 0.5) is 10.1 Å². The fraction of sp³-hybridized carbons (Fsp3) is 0.370. The second kappa shape index (κ2) is 8.43. The molecular formula is C27H29FN2O3. The van der Waals surface area contributed by atoms with Crippen LogP contribution in [-0.4, -0.2) is 35.3 Å². The van der Waals surface area contributed by atoms with E-state index in [9.17, 15) is 14.3 Å². The highest BCUT2D eigenvalue weighted by Crippen LogP contribution is 2.47. The third-order valence-electron chi connectivity index (χ3n) is 7.30. The number of hydrogen-bond acceptors (Lipinski definition) is 4. The maximum absolute atomic E-state index is 14.5. The smallest absolute Gasteiger partial charge is 0.306 e. The Kier molecular flexibility index (Phi) is 5.59. The van der Waals surface area contributed by atoms with E-state index in [0.29, 0.717) is 0 Å². The maximum Gasteiger partial charge on any atom is 0.306 e. The maximum atomic E-state index is 14.5. The van der Waals surface area contributed by atoms with Crippen LogP contribution in [-0.2, 0) is 10.4 Å². The van der Waals surface area contributed by atoms with Crippen molar-refractivity contribution in [2.75, 3.05) is 18.0 Å². The number of benzene rings is 3. The van der Waals surface area contributed by atoms with Gasteiger partial charge in [-0.15, -0.1) is 0 Å². The van der Waals surface area contributed by atoms with Crippen LogP contribution >= 0.6 is 0 Å². The van der Waals surface area contributed by atoms with E-state index in [1.54, 1.807) is 12.1 Å². The third kappa shape index (κ3) is 4.09. The molecule has 2 fully saturated rings. The minimum atomic E-state index is -1.40. The average Bonchev–Trinajstić information content (AvgIpc) is 3.25. The van der Waals surface area contributed by atoms with E-state index in [1.165, 1.54) is 22.4 Å². The Balaban J connectivity index is 1.28. The topological polar surface area (TPSA) is 72.8 Å². The van der Waals surface area contributed by atoms with Gasteiger partial charge in [-0.1, -0.05) is 42.5 Å². The SMILES string of the molecule is C[C@@H](NC1CCN(c2ccc(F)c(C3(O)CC(C(=O)O)C3)c2)C1)c1cccc2ccccc12. The monoisotopic (exact) mass is 448 g/mol. The number of rotatable bonds is 6. The molecule has 2 atom stereocenters. The standard InChI is InChI=1S/C27H29FN2O3/c1-17(22-8-4-6-18-5-2-3-7-23(18)22)29-20-11-12-30(16-20)21-9-10-25(28)24(13-21)27(33)14-19(15-27)26(31)32/h2-10,13,17,19-20,29,33H,11-12,14-16H2,1H3,(H,31,32)/t17-,19?,20?,27?/m1/s1. The van der Waals surface area contributed by atoms with Crippen molar-refractivity contribution in [3.05, 3.63) is 77.6 Å². The molecule has 0 spiro atoms. The number of halogens is 1. The highest BCUT2D eigenvalue weighted by atomic mass is 19.1. The number of nitrogens with one attached hydrogen (secondary N) is 1. The third-order valence-corrected chi connectivity index (χ3v) is 7.30. The fourth-order valence-corrected chi connectivity index (χ4v) is 5.42. The first kappa shape index (κ1) is 21.9. The van der Waals surface area contributed by atoms with Crippen LogP contribution in [0, 0.1) is 11.7 Å². The van der Waals surface area contributed by atoms with E-state index >= 15 is 0 Å². The van der Waals surface area contributed by atoms with Crippen LogP contribution in [0.1, 0.15) is 43.4 Å². The predicted molar refractivity (Wildman–Crippen MR) is 127 cm³/mol. The highest BCUT2D eigenvalue weighted by molar-refractivity contribution is 5.86. The van der Waals surface area contributed by atoms with E-state index in [0.717, 1.165) is 25.2 Å². The van der Waals surface area contributed by atoms with Crippen molar-refractivity contribution in [2.24, 2.45) is 5.92 Å². The summed E-state index contributed by atoms with van der Waals surface area (Å²) in [5.74, 6) is -2.04. The molecule has 1 saturated carbocycles.